The summed E-state index contributed by atoms with van der Waals surface area (Å²) in [6.07, 6.45) is 1.99. The second kappa shape index (κ2) is 5.40. The molecule has 1 aliphatic carbocycles. The number of aliphatic hydroxyl groups excluding tert-OH is 1. The van der Waals surface area contributed by atoms with Gasteiger partial charge in [0.15, 0.2) is 0 Å². The normalized spacial score (nSPS) is 16.1. The first-order valence-corrected chi connectivity index (χ1v) is 6.31. The van der Waals surface area contributed by atoms with Crippen LogP contribution in [0.1, 0.15) is 30.1 Å². The molecule has 0 spiro atoms. The third-order valence-corrected chi connectivity index (χ3v) is 3.34. The average Bonchev–Trinajstić information content (AvgIpc) is 3.18. The maximum Gasteiger partial charge on any atom is 0.251 e. The number of ether oxygens (including phenoxy) is 1. The summed E-state index contributed by atoms with van der Waals surface area (Å²) in [6.45, 7) is 3.24. The molecule has 0 saturated heterocycles. The second-order valence-corrected chi connectivity index (χ2v) is 4.80. The first-order chi connectivity index (χ1) is 8.69. The van der Waals surface area contributed by atoms with Crippen molar-refractivity contribution in [2.24, 2.45) is 5.41 Å². The van der Waals surface area contributed by atoms with Crippen LogP contribution in [0.2, 0.25) is 0 Å². The third-order valence-electron chi connectivity index (χ3n) is 3.34. The van der Waals surface area contributed by atoms with Gasteiger partial charge in [0.2, 0.25) is 0 Å². The van der Waals surface area contributed by atoms with Crippen LogP contribution >= 0.6 is 0 Å². The van der Waals surface area contributed by atoms with Gasteiger partial charge < -0.3 is 15.2 Å². The minimum absolute atomic E-state index is 0.0546. The number of hydrogen-bond acceptors (Lipinski definition) is 3. The minimum Gasteiger partial charge on any atom is -0.494 e. The maximum atomic E-state index is 11.9. The average molecular weight is 249 g/mol. The molecule has 4 heteroatoms. The summed E-state index contributed by atoms with van der Waals surface area (Å²) < 4.78 is 5.32. The molecular formula is C14H19NO3. The molecule has 0 aromatic heterocycles. The molecule has 0 atom stereocenters. The van der Waals surface area contributed by atoms with Crippen molar-refractivity contribution in [2.45, 2.75) is 19.8 Å². The van der Waals surface area contributed by atoms with Crippen LogP contribution in [0.5, 0.6) is 5.75 Å². The standard InChI is InChI=1S/C14H19NO3/c1-2-18-12-5-3-11(4-6-12)13(17)15-9-14(10-16)7-8-14/h3-6,16H,2,7-10H2,1H3,(H,15,17). The van der Waals surface area contributed by atoms with Gasteiger partial charge in [0, 0.05) is 17.5 Å². The van der Waals surface area contributed by atoms with E-state index in [1.807, 2.05) is 6.92 Å². The molecule has 1 amide bonds. The fraction of sp³-hybridized carbons (Fsp3) is 0.500. The van der Waals surface area contributed by atoms with Gasteiger partial charge in [0.1, 0.15) is 5.75 Å². The first kappa shape index (κ1) is 12.9. The zero-order chi connectivity index (χ0) is 13.0. The van der Waals surface area contributed by atoms with E-state index in [-0.39, 0.29) is 17.9 Å². The largest absolute Gasteiger partial charge is 0.494 e. The van der Waals surface area contributed by atoms with E-state index < -0.39 is 0 Å². The molecule has 1 aromatic rings. The molecule has 0 bridgehead atoms. The third kappa shape index (κ3) is 3.01. The molecule has 1 fully saturated rings. The molecule has 0 unspecified atom stereocenters. The van der Waals surface area contributed by atoms with E-state index in [2.05, 4.69) is 5.32 Å². The van der Waals surface area contributed by atoms with E-state index in [9.17, 15) is 4.79 Å². The Morgan fingerprint density at radius 2 is 2.06 bits per heavy atom. The summed E-state index contributed by atoms with van der Waals surface area (Å²) in [7, 11) is 0. The lowest BCUT2D eigenvalue weighted by molar-refractivity contribution is 0.0935. The minimum atomic E-state index is -0.0993. The van der Waals surface area contributed by atoms with Crippen molar-refractivity contribution >= 4 is 5.91 Å². The second-order valence-electron chi connectivity index (χ2n) is 4.80. The Kier molecular flexibility index (Phi) is 3.87. The maximum absolute atomic E-state index is 11.9. The molecule has 18 heavy (non-hydrogen) atoms. The van der Waals surface area contributed by atoms with Gasteiger partial charge in [-0.05, 0) is 44.0 Å². The summed E-state index contributed by atoms with van der Waals surface area (Å²) in [5.74, 6) is 0.667. The summed E-state index contributed by atoms with van der Waals surface area (Å²) in [4.78, 5) is 11.9. The van der Waals surface area contributed by atoms with Gasteiger partial charge in [-0.15, -0.1) is 0 Å². The topological polar surface area (TPSA) is 58.6 Å². The first-order valence-electron chi connectivity index (χ1n) is 6.31. The Bertz CT molecular complexity index is 410. The molecule has 2 rings (SSSR count). The van der Waals surface area contributed by atoms with Crippen LogP contribution in [0, 0.1) is 5.41 Å². The van der Waals surface area contributed by atoms with E-state index in [1.165, 1.54) is 0 Å². The van der Waals surface area contributed by atoms with E-state index in [1.54, 1.807) is 24.3 Å². The fourth-order valence-corrected chi connectivity index (χ4v) is 1.81. The van der Waals surface area contributed by atoms with Crippen molar-refractivity contribution in [3.63, 3.8) is 0 Å². The summed E-state index contributed by atoms with van der Waals surface area (Å²) in [5, 5.41) is 12.0. The molecule has 2 N–H and O–H groups in total. The van der Waals surface area contributed by atoms with E-state index >= 15 is 0 Å². The van der Waals surface area contributed by atoms with Gasteiger partial charge in [0.25, 0.3) is 5.91 Å². The number of rotatable bonds is 6. The zero-order valence-corrected chi connectivity index (χ0v) is 10.6. The Labute approximate surface area is 107 Å². The van der Waals surface area contributed by atoms with Crippen molar-refractivity contribution in [3.8, 4) is 5.75 Å². The highest BCUT2D eigenvalue weighted by molar-refractivity contribution is 5.94. The lowest BCUT2D eigenvalue weighted by atomic mass is 10.1. The Hall–Kier alpha value is -1.55. The Morgan fingerprint density at radius 1 is 1.39 bits per heavy atom. The van der Waals surface area contributed by atoms with Crippen molar-refractivity contribution < 1.29 is 14.6 Å². The molecule has 1 aliphatic rings. The molecule has 0 heterocycles. The van der Waals surface area contributed by atoms with Crippen LogP contribution in [0.4, 0.5) is 0 Å². The molecular weight excluding hydrogens is 230 g/mol. The van der Waals surface area contributed by atoms with Crippen molar-refractivity contribution in [3.05, 3.63) is 29.8 Å². The summed E-state index contributed by atoms with van der Waals surface area (Å²) in [5.41, 5.74) is 0.563. The highest BCUT2D eigenvalue weighted by atomic mass is 16.5. The highest BCUT2D eigenvalue weighted by Crippen LogP contribution is 2.44. The smallest absolute Gasteiger partial charge is 0.251 e. The number of carbonyl (C=O) groups is 1. The zero-order valence-electron chi connectivity index (χ0n) is 10.6. The number of amides is 1. The van der Waals surface area contributed by atoms with Crippen LogP contribution in [-0.4, -0.2) is 30.8 Å². The van der Waals surface area contributed by atoms with Crippen LogP contribution in [0.3, 0.4) is 0 Å². The van der Waals surface area contributed by atoms with Gasteiger partial charge >= 0.3 is 0 Å². The number of benzene rings is 1. The van der Waals surface area contributed by atoms with E-state index in [0.29, 0.717) is 18.7 Å². The van der Waals surface area contributed by atoms with Crippen LogP contribution < -0.4 is 10.1 Å². The number of nitrogens with one attached hydrogen (secondary N) is 1. The van der Waals surface area contributed by atoms with E-state index in [4.69, 9.17) is 9.84 Å². The Morgan fingerprint density at radius 3 is 2.56 bits per heavy atom. The highest BCUT2D eigenvalue weighted by Gasteiger charge is 2.42. The summed E-state index contributed by atoms with van der Waals surface area (Å²) in [6, 6.07) is 7.08. The molecule has 1 saturated carbocycles. The van der Waals surface area contributed by atoms with Crippen molar-refractivity contribution in [2.75, 3.05) is 19.8 Å². The quantitative estimate of drug-likeness (QED) is 0.805. The molecule has 1 aromatic carbocycles. The van der Waals surface area contributed by atoms with Gasteiger partial charge in [-0.1, -0.05) is 0 Å². The monoisotopic (exact) mass is 249 g/mol. The lowest BCUT2D eigenvalue weighted by Gasteiger charge is -2.12. The predicted molar refractivity (Wildman–Crippen MR) is 68.7 cm³/mol. The van der Waals surface area contributed by atoms with Crippen molar-refractivity contribution in [1.29, 1.82) is 0 Å². The van der Waals surface area contributed by atoms with Crippen LogP contribution in [0.15, 0.2) is 24.3 Å². The van der Waals surface area contributed by atoms with Gasteiger partial charge in [-0.25, -0.2) is 0 Å². The van der Waals surface area contributed by atoms with Crippen LogP contribution in [-0.2, 0) is 0 Å². The SMILES string of the molecule is CCOc1ccc(C(=O)NCC2(CO)CC2)cc1. The van der Waals surface area contributed by atoms with Gasteiger partial charge in [-0.2, -0.15) is 0 Å². The molecule has 4 nitrogen and oxygen atoms in total. The predicted octanol–water partition coefficient (Wildman–Crippen LogP) is 1.59. The number of hydrogen-bond donors (Lipinski definition) is 2. The fourth-order valence-electron chi connectivity index (χ4n) is 1.81. The molecule has 0 aliphatic heterocycles. The Balaban J connectivity index is 1.88. The van der Waals surface area contributed by atoms with E-state index in [0.717, 1.165) is 18.6 Å². The lowest BCUT2D eigenvalue weighted by Crippen LogP contribution is -2.31. The summed E-state index contributed by atoms with van der Waals surface area (Å²) >= 11 is 0. The molecule has 0 radical (unpaired) electrons. The van der Waals surface area contributed by atoms with Gasteiger partial charge in [0.05, 0.1) is 13.2 Å². The number of carbonyl (C=O) groups excluding carboxylic acids is 1. The number of aliphatic hydroxyl groups is 1. The molecule has 98 valence electrons. The van der Waals surface area contributed by atoms with Crippen LogP contribution in [0.25, 0.3) is 0 Å². The van der Waals surface area contributed by atoms with Gasteiger partial charge in [-0.3, -0.25) is 4.79 Å². The van der Waals surface area contributed by atoms with Crippen molar-refractivity contribution in [1.82, 2.24) is 5.32 Å².